The fourth-order valence-corrected chi connectivity index (χ4v) is 2.45. The molecule has 1 amide bonds. The molecule has 0 aliphatic carbocycles. The van der Waals surface area contributed by atoms with Crippen molar-refractivity contribution < 1.29 is 14.4 Å². The van der Waals surface area contributed by atoms with Crippen molar-refractivity contribution in [2.45, 2.75) is 46.3 Å². The second-order valence-electron chi connectivity index (χ2n) is 5.75. The molecule has 2 atom stereocenters. The summed E-state index contributed by atoms with van der Waals surface area (Å²) in [5.41, 5.74) is 0. The van der Waals surface area contributed by atoms with Crippen LogP contribution in [0.2, 0.25) is 0 Å². The summed E-state index contributed by atoms with van der Waals surface area (Å²) >= 11 is 0. The zero-order valence-corrected chi connectivity index (χ0v) is 12.1. The van der Waals surface area contributed by atoms with Crippen LogP contribution in [0.15, 0.2) is 0 Å². The molecule has 2 unspecified atom stereocenters. The summed E-state index contributed by atoms with van der Waals surface area (Å²) in [4.78, 5) is 31.4. The van der Waals surface area contributed by atoms with E-state index in [2.05, 4.69) is 13.8 Å². The van der Waals surface area contributed by atoms with E-state index < -0.39 is 0 Å². The van der Waals surface area contributed by atoms with E-state index in [4.69, 9.17) is 4.84 Å². The van der Waals surface area contributed by atoms with Gasteiger partial charge in [-0.1, -0.05) is 20.8 Å². The zero-order chi connectivity index (χ0) is 14.0. The van der Waals surface area contributed by atoms with E-state index in [0.29, 0.717) is 25.3 Å². The van der Waals surface area contributed by atoms with Crippen LogP contribution in [0.5, 0.6) is 0 Å². The Labute approximate surface area is 114 Å². The number of carbonyl (C=O) groups excluding carboxylic acids is 2. The van der Waals surface area contributed by atoms with Crippen LogP contribution < -0.4 is 0 Å². The van der Waals surface area contributed by atoms with Gasteiger partial charge in [-0.2, -0.15) is 5.06 Å². The van der Waals surface area contributed by atoms with Gasteiger partial charge in [0, 0.05) is 44.8 Å². The summed E-state index contributed by atoms with van der Waals surface area (Å²) in [6.07, 6.45) is 1.54. The molecule has 2 rings (SSSR count). The Hall–Kier alpha value is -0.940. The van der Waals surface area contributed by atoms with Crippen molar-refractivity contribution >= 4 is 11.7 Å². The van der Waals surface area contributed by atoms with E-state index in [1.807, 2.05) is 12.0 Å². The third-order valence-corrected chi connectivity index (χ3v) is 3.91. The first-order chi connectivity index (χ1) is 9.02. The van der Waals surface area contributed by atoms with Crippen LogP contribution in [0.3, 0.4) is 0 Å². The minimum Gasteiger partial charge on any atom is -0.314 e. The molecular formula is C14H24N2O3. The SMILES string of the molecule is CCC(=O)CCN1C(=O)C(C(C)C)CC1ON1CC1. The van der Waals surface area contributed by atoms with Crippen molar-refractivity contribution in [2.75, 3.05) is 19.6 Å². The minimum absolute atomic E-state index is 0.0293. The zero-order valence-electron chi connectivity index (χ0n) is 12.1. The van der Waals surface area contributed by atoms with E-state index in [1.165, 1.54) is 0 Å². The van der Waals surface area contributed by atoms with Crippen LogP contribution in [0, 0.1) is 11.8 Å². The van der Waals surface area contributed by atoms with Crippen molar-refractivity contribution in [3.8, 4) is 0 Å². The van der Waals surface area contributed by atoms with Crippen molar-refractivity contribution in [2.24, 2.45) is 11.8 Å². The van der Waals surface area contributed by atoms with Crippen LogP contribution in [0.4, 0.5) is 0 Å². The molecule has 0 aromatic carbocycles. The molecule has 108 valence electrons. The summed E-state index contributed by atoms with van der Waals surface area (Å²) in [5.74, 6) is 0.693. The first-order valence-electron chi connectivity index (χ1n) is 7.26. The summed E-state index contributed by atoms with van der Waals surface area (Å²) < 4.78 is 0. The van der Waals surface area contributed by atoms with Crippen LogP contribution >= 0.6 is 0 Å². The average molecular weight is 268 g/mol. The number of amides is 1. The molecule has 2 aliphatic heterocycles. The van der Waals surface area contributed by atoms with Gasteiger partial charge in [-0.25, -0.2) is 0 Å². The predicted octanol–water partition coefficient (Wildman–Crippen LogP) is 1.43. The summed E-state index contributed by atoms with van der Waals surface area (Å²) in [7, 11) is 0. The van der Waals surface area contributed by atoms with Gasteiger partial charge in [-0.3, -0.25) is 14.4 Å². The standard InChI is InChI=1S/C14H24N2O3/c1-4-11(17)5-6-16-13(19-15-7-8-15)9-12(10(2)3)14(16)18/h10,12-13H,4-9H2,1-3H3. The Kier molecular flexibility index (Phi) is 4.58. The van der Waals surface area contributed by atoms with Gasteiger partial charge in [-0.05, 0) is 5.92 Å². The molecule has 2 aliphatic rings. The number of hydrogen-bond donors (Lipinski definition) is 0. The first-order valence-corrected chi connectivity index (χ1v) is 7.26. The number of nitrogens with zero attached hydrogens (tertiary/aromatic N) is 2. The summed E-state index contributed by atoms with van der Waals surface area (Å²) in [6, 6.07) is 0. The van der Waals surface area contributed by atoms with Crippen LogP contribution in [0.1, 0.15) is 40.0 Å². The maximum atomic E-state index is 12.4. The van der Waals surface area contributed by atoms with Crippen LogP contribution in [-0.4, -0.2) is 47.5 Å². The molecule has 2 saturated heterocycles. The Morgan fingerprint density at radius 3 is 2.63 bits per heavy atom. The first kappa shape index (κ1) is 14.5. The Bertz CT molecular complexity index is 353. The van der Waals surface area contributed by atoms with E-state index in [9.17, 15) is 9.59 Å². The molecule has 5 heteroatoms. The van der Waals surface area contributed by atoms with Gasteiger partial charge in [0.2, 0.25) is 5.91 Å². The molecule has 0 bridgehead atoms. The van der Waals surface area contributed by atoms with Gasteiger partial charge in [0.1, 0.15) is 5.78 Å². The van der Waals surface area contributed by atoms with E-state index in [1.54, 1.807) is 4.90 Å². The summed E-state index contributed by atoms with van der Waals surface area (Å²) in [5, 5.41) is 1.87. The predicted molar refractivity (Wildman–Crippen MR) is 71.0 cm³/mol. The number of ketones is 1. The van der Waals surface area contributed by atoms with Gasteiger partial charge in [-0.15, -0.1) is 0 Å². The average Bonchev–Trinajstić information content (AvgIpc) is 3.12. The van der Waals surface area contributed by atoms with Gasteiger partial charge in [0.05, 0.1) is 0 Å². The highest BCUT2D eigenvalue weighted by Crippen LogP contribution is 2.32. The lowest BCUT2D eigenvalue weighted by Crippen LogP contribution is -2.38. The monoisotopic (exact) mass is 268 g/mol. The third-order valence-electron chi connectivity index (χ3n) is 3.91. The Morgan fingerprint density at radius 2 is 2.11 bits per heavy atom. The number of carbonyl (C=O) groups is 2. The highest BCUT2D eigenvalue weighted by Gasteiger charge is 2.43. The Morgan fingerprint density at radius 1 is 1.42 bits per heavy atom. The van der Waals surface area contributed by atoms with E-state index >= 15 is 0 Å². The molecule has 0 N–H and O–H groups in total. The molecule has 5 nitrogen and oxygen atoms in total. The molecule has 0 aromatic heterocycles. The number of hydroxylamine groups is 2. The largest absolute Gasteiger partial charge is 0.314 e. The highest BCUT2D eigenvalue weighted by atomic mass is 16.7. The molecule has 2 heterocycles. The highest BCUT2D eigenvalue weighted by molar-refractivity contribution is 5.83. The molecule has 19 heavy (non-hydrogen) atoms. The lowest BCUT2D eigenvalue weighted by molar-refractivity contribution is -0.173. The second kappa shape index (κ2) is 6.01. The smallest absolute Gasteiger partial charge is 0.228 e. The maximum absolute atomic E-state index is 12.4. The number of rotatable bonds is 7. The van der Waals surface area contributed by atoms with E-state index in [-0.39, 0.29) is 23.8 Å². The fraction of sp³-hybridized carbons (Fsp3) is 0.857. The topological polar surface area (TPSA) is 49.6 Å². The van der Waals surface area contributed by atoms with Gasteiger partial charge in [0.15, 0.2) is 6.23 Å². The molecule has 2 fully saturated rings. The van der Waals surface area contributed by atoms with Crippen molar-refractivity contribution in [3.63, 3.8) is 0 Å². The van der Waals surface area contributed by atoms with Gasteiger partial charge < -0.3 is 4.90 Å². The van der Waals surface area contributed by atoms with Crippen LogP contribution in [-0.2, 0) is 14.4 Å². The third kappa shape index (κ3) is 3.54. The number of likely N-dealkylation sites (tertiary alicyclic amines) is 1. The number of hydrogen-bond acceptors (Lipinski definition) is 4. The lowest BCUT2D eigenvalue weighted by Gasteiger charge is -2.24. The lowest BCUT2D eigenvalue weighted by atomic mass is 9.94. The quantitative estimate of drug-likeness (QED) is 0.655. The molecule has 0 radical (unpaired) electrons. The van der Waals surface area contributed by atoms with Gasteiger partial charge >= 0.3 is 0 Å². The van der Waals surface area contributed by atoms with E-state index in [0.717, 1.165) is 19.5 Å². The minimum atomic E-state index is -0.174. The second-order valence-corrected chi connectivity index (χ2v) is 5.75. The van der Waals surface area contributed by atoms with Gasteiger partial charge in [0.25, 0.3) is 0 Å². The summed E-state index contributed by atoms with van der Waals surface area (Å²) in [6.45, 7) is 8.37. The number of Topliss-reactive ketones (excluding diaryl/α,β-unsaturated/α-hetero) is 1. The van der Waals surface area contributed by atoms with Crippen molar-refractivity contribution in [3.05, 3.63) is 0 Å². The molecule has 0 aromatic rings. The molecule has 0 spiro atoms. The normalized spacial score (nSPS) is 27.4. The Balaban J connectivity index is 1.97. The van der Waals surface area contributed by atoms with Crippen LogP contribution in [0.25, 0.3) is 0 Å². The fourth-order valence-electron chi connectivity index (χ4n) is 2.45. The van der Waals surface area contributed by atoms with Crippen molar-refractivity contribution in [1.82, 2.24) is 9.96 Å². The molecular weight excluding hydrogens is 244 g/mol. The van der Waals surface area contributed by atoms with Crippen molar-refractivity contribution in [1.29, 1.82) is 0 Å². The maximum Gasteiger partial charge on any atom is 0.228 e. The molecule has 0 saturated carbocycles.